The van der Waals surface area contributed by atoms with E-state index in [9.17, 15) is 9.67 Å². The van der Waals surface area contributed by atoms with Crippen molar-refractivity contribution in [2.45, 2.75) is 0 Å². The summed E-state index contributed by atoms with van der Waals surface area (Å²) in [6.45, 7) is 0. The summed E-state index contributed by atoms with van der Waals surface area (Å²) in [6, 6.07) is 15.6. The summed E-state index contributed by atoms with van der Waals surface area (Å²) in [7, 11) is -3.30. The predicted molar refractivity (Wildman–Crippen MR) is 87.5 cm³/mol. The Balaban J connectivity index is 2.17. The highest BCUT2D eigenvalue weighted by Gasteiger charge is 2.22. The smallest absolute Gasteiger partial charge is 0.365 e. The van der Waals surface area contributed by atoms with Crippen LogP contribution in [0.25, 0.3) is 16.9 Å². The summed E-state index contributed by atoms with van der Waals surface area (Å²) in [5, 5.41) is 15.2. The maximum atomic E-state index is 11.1. The highest BCUT2D eigenvalue weighted by Crippen LogP contribution is 2.42. The van der Waals surface area contributed by atoms with Crippen molar-refractivity contribution in [2.24, 2.45) is 0 Å². The Labute approximate surface area is 137 Å². The molecule has 0 aliphatic carbocycles. The molecule has 1 atom stereocenters. The predicted octanol–water partition coefficient (Wildman–Crippen LogP) is 3.66. The number of aromatic hydroxyl groups is 1. The SMILES string of the molecule is O=[PH](O)Oc1c(-c2ccccc2)nn(-c2ccc(Cl)cc2)c1O. The molecule has 0 saturated carbocycles. The van der Waals surface area contributed by atoms with Crippen molar-refractivity contribution in [3.8, 4) is 28.6 Å². The molecule has 0 spiro atoms. The first kappa shape index (κ1) is 15.6. The van der Waals surface area contributed by atoms with Gasteiger partial charge in [-0.05, 0) is 24.3 Å². The number of nitrogens with zero attached hydrogens (tertiary/aromatic N) is 2. The van der Waals surface area contributed by atoms with Gasteiger partial charge in [-0.25, -0.2) is 4.57 Å². The molecule has 0 aliphatic heterocycles. The second-order valence-electron chi connectivity index (χ2n) is 4.62. The topological polar surface area (TPSA) is 84.6 Å². The summed E-state index contributed by atoms with van der Waals surface area (Å²) in [6.07, 6.45) is 0. The van der Waals surface area contributed by atoms with Crippen LogP contribution in [0.3, 0.4) is 0 Å². The van der Waals surface area contributed by atoms with Gasteiger partial charge in [-0.1, -0.05) is 41.9 Å². The van der Waals surface area contributed by atoms with Gasteiger partial charge in [0, 0.05) is 10.6 Å². The molecule has 118 valence electrons. The lowest BCUT2D eigenvalue weighted by Crippen LogP contribution is -1.95. The van der Waals surface area contributed by atoms with E-state index in [1.54, 1.807) is 48.5 Å². The van der Waals surface area contributed by atoms with Gasteiger partial charge in [-0.2, -0.15) is 9.78 Å². The van der Waals surface area contributed by atoms with Crippen LogP contribution >= 0.6 is 19.9 Å². The molecular formula is C15H12ClN2O4P. The summed E-state index contributed by atoms with van der Waals surface area (Å²) < 4.78 is 17.2. The van der Waals surface area contributed by atoms with Crippen LogP contribution in [0.2, 0.25) is 5.02 Å². The van der Waals surface area contributed by atoms with E-state index in [1.165, 1.54) is 4.68 Å². The molecule has 3 aromatic rings. The van der Waals surface area contributed by atoms with Crippen LogP contribution in [-0.2, 0) is 4.57 Å². The van der Waals surface area contributed by atoms with E-state index in [-0.39, 0.29) is 17.3 Å². The van der Waals surface area contributed by atoms with Gasteiger partial charge < -0.3 is 14.5 Å². The van der Waals surface area contributed by atoms with Gasteiger partial charge in [0.2, 0.25) is 5.75 Å². The second kappa shape index (κ2) is 6.46. The largest absolute Gasteiger partial charge is 0.491 e. The zero-order chi connectivity index (χ0) is 16.4. The molecule has 8 heteroatoms. The average Bonchev–Trinajstić information content (AvgIpc) is 2.86. The van der Waals surface area contributed by atoms with Crippen LogP contribution in [0.5, 0.6) is 11.6 Å². The molecule has 1 heterocycles. The monoisotopic (exact) mass is 350 g/mol. The Morgan fingerprint density at radius 3 is 2.35 bits per heavy atom. The van der Waals surface area contributed by atoms with E-state index in [2.05, 4.69) is 5.10 Å². The van der Waals surface area contributed by atoms with Crippen LogP contribution in [-0.4, -0.2) is 19.8 Å². The third-order valence-electron chi connectivity index (χ3n) is 3.13. The van der Waals surface area contributed by atoms with Gasteiger partial charge in [-0.3, -0.25) is 0 Å². The number of benzene rings is 2. The van der Waals surface area contributed by atoms with E-state index in [0.29, 0.717) is 16.3 Å². The Morgan fingerprint density at radius 1 is 1.09 bits per heavy atom. The first-order valence-corrected chi connectivity index (χ1v) is 8.24. The minimum absolute atomic E-state index is 0.141. The van der Waals surface area contributed by atoms with Crippen molar-refractivity contribution in [3.05, 3.63) is 59.6 Å². The van der Waals surface area contributed by atoms with Crippen LogP contribution in [0.1, 0.15) is 0 Å². The summed E-state index contributed by atoms with van der Waals surface area (Å²) >= 11 is 5.85. The van der Waals surface area contributed by atoms with E-state index in [1.807, 2.05) is 6.07 Å². The third-order valence-corrected chi connectivity index (χ3v) is 3.76. The average molecular weight is 351 g/mol. The zero-order valence-electron chi connectivity index (χ0n) is 11.7. The summed E-state index contributed by atoms with van der Waals surface area (Å²) in [4.78, 5) is 9.08. The molecule has 6 nitrogen and oxygen atoms in total. The molecule has 2 N–H and O–H groups in total. The zero-order valence-corrected chi connectivity index (χ0v) is 13.4. The maximum Gasteiger partial charge on any atom is 0.365 e. The molecule has 0 saturated heterocycles. The molecule has 0 fully saturated rings. The standard InChI is InChI=1S/C15H12ClN2O4P/c16-11-6-8-12(9-7-11)18-15(19)14(22-23(20)21)13(17-18)10-4-2-1-3-5-10/h1-9,19,23H,(H,20,21). The van der Waals surface area contributed by atoms with Crippen molar-refractivity contribution >= 4 is 19.9 Å². The van der Waals surface area contributed by atoms with E-state index in [4.69, 9.17) is 21.0 Å². The van der Waals surface area contributed by atoms with Crippen molar-refractivity contribution in [1.82, 2.24) is 9.78 Å². The molecule has 23 heavy (non-hydrogen) atoms. The van der Waals surface area contributed by atoms with Crippen molar-refractivity contribution in [2.75, 3.05) is 0 Å². The Morgan fingerprint density at radius 2 is 1.74 bits per heavy atom. The molecule has 1 unspecified atom stereocenters. The summed E-state index contributed by atoms with van der Waals surface area (Å²) in [5.41, 5.74) is 1.45. The normalized spacial score (nSPS) is 12.1. The van der Waals surface area contributed by atoms with Gasteiger partial charge in [0.15, 0.2) is 0 Å². The first-order valence-electron chi connectivity index (χ1n) is 6.60. The molecule has 0 radical (unpaired) electrons. The van der Waals surface area contributed by atoms with Gasteiger partial charge in [-0.15, -0.1) is 0 Å². The maximum absolute atomic E-state index is 11.1. The Kier molecular flexibility index (Phi) is 4.39. The lowest BCUT2D eigenvalue weighted by atomic mass is 10.1. The van der Waals surface area contributed by atoms with E-state index in [0.717, 1.165) is 0 Å². The minimum Gasteiger partial charge on any atom is -0.491 e. The number of hydrogen-bond donors (Lipinski definition) is 2. The second-order valence-corrected chi connectivity index (χ2v) is 5.80. The van der Waals surface area contributed by atoms with Crippen LogP contribution < -0.4 is 4.52 Å². The first-order chi connectivity index (χ1) is 11.1. The quantitative estimate of drug-likeness (QED) is 0.701. The van der Waals surface area contributed by atoms with E-state index >= 15 is 0 Å². The van der Waals surface area contributed by atoms with E-state index < -0.39 is 8.25 Å². The molecule has 1 aromatic heterocycles. The molecule has 2 aromatic carbocycles. The third kappa shape index (κ3) is 3.24. The van der Waals surface area contributed by atoms with Gasteiger partial charge in [0.05, 0.1) is 5.69 Å². The fraction of sp³-hybridized carbons (Fsp3) is 0. The molecule has 3 rings (SSSR count). The number of aromatic nitrogens is 2. The molecule has 0 aliphatic rings. The fourth-order valence-electron chi connectivity index (χ4n) is 2.12. The van der Waals surface area contributed by atoms with Crippen molar-refractivity contribution in [1.29, 1.82) is 0 Å². The van der Waals surface area contributed by atoms with Crippen LogP contribution in [0.4, 0.5) is 0 Å². The van der Waals surface area contributed by atoms with Crippen molar-refractivity contribution < 1.29 is 19.1 Å². The number of hydrogen-bond acceptors (Lipinski definition) is 4. The van der Waals surface area contributed by atoms with Crippen LogP contribution in [0, 0.1) is 0 Å². The van der Waals surface area contributed by atoms with Crippen LogP contribution in [0.15, 0.2) is 54.6 Å². The van der Waals surface area contributed by atoms with Gasteiger partial charge in [0.25, 0.3) is 5.88 Å². The highest BCUT2D eigenvalue weighted by atomic mass is 35.5. The summed E-state index contributed by atoms with van der Waals surface area (Å²) in [5.74, 6) is -0.504. The Bertz CT molecular complexity index is 850. The number of rotatable bonds is 4. The lowest BCUT2D eigenvalue weighted by Gasteiger charge is -2.03. The highest BCUT2D eigenvalue weighted by molar-refractivity contribution is 7.32. The van der Waals surface area contributed by atoms with Gasteiger partial charge >= 0.3 is 8.25 Å². The van der Waals surface area contributed by atoms with Gasteiger partial charge in [0.1, 0.15) is 5.69 Å². The van der Waals surface area contributed by atoms with Crippen molar-refractivity contribution in [3.63, 3.8) is 0 Å². The lowest BCUT2D eigenvalue weighted by molar-refractivity contribution is 0.379. The Hall–Kier alpha value is -2.27. The fourth-order valence-corrected chi connectivity index (χ4v) is 2.61. The molecular weight excluding hydrogens is 339 g/mol. The molecule has 0 amide bonds. The minimum atomic E-state index is -3.30. The molecule has 0 bridgehead atoms. The number of halogens is 1.